The molecule has 0 radical (unpaired) electrons. The van der Waals surface area contributed by atoms with Gasteiger partial charge in [0.25, 0.3) is 0 Å². The van der Waals surface area contributed by atoms with Crippen LogP contribution in [0.1, 0.15) is 290 Å². The molecule has 516 valence electrons. The van der Waals surface area contributed by atoms with Crippen LogP contribution in [0.4, 0.5) is 0 Å². The average Bonchev–Trinajstić information content (AvgIpc) is 1.88. The molecule has 0 N–H and O–H groups in total. The van der Waals surface area contributed by atoms with Crippen molar-refractivity contribution in [2.75, 3.05) is 0 Å². The summed E-state index contributed by atoms with van der Waals surface area (Å²) in [6.45, 7) is 50.6. The Labute approximate surface area is 573 Å². The first-order chi connectivity index (χ1) is 44.5. The predicted molar refractivity (Wildman–Crippen MR) is 383 cm³/mol. The molecule has 11 aromatic heterocycles. The van der Waals surface area contributed by atoms with Gasteiger partial charge in [0.05, 0.1) is 41.3 Å². The highest BCUT2D eigenvalue weighted by atomic mass is 32.1. The maximum Gasteiger partial charge on any atom is 0.180 e. The van der Waals surface area contributed by atoms with Crippen molar-refractivity contribution in [1.82, 2.24) is 84.7 Å². The number of hydrogen-bond donors (Lipinski definition) is 0. The lowest BCUT2D eigenvalue weighted by Gasteiger charge is -2.01. The Hall–Kier alpha value is -7.83. The van der Waals surface area contributed by atoms with E-state index in [2.05, 4.69) is 242 Å². The molecule has 0 aromatic carbocycles. The highest BCUT2D eigenvalue weighted by Gasteiger charge is 2.12. The molecule has 11 aromatic rings. The molecule has 0 bridgehead atoms. The molecule has 0 spiro atoms. The van der Waals surface area contributed by atoms with E-state index >= 15 is 0 Å². The molecule has 11 heterocycles. The van der Waals surface area contributed by atoms with Crippen molar-refractivity contribution >= 4 is 34.2 Å². The normalized spacial score (nSPS) is 10.4. The third-order valence-electron chi connectivity index (χ3n) is 13.0. The molecule has 21 nitrogen and oxygen atoms in total. The molecule has 0 amide bonds. The topological polar surface area (TPSA) is 256 Å². The lowest BCUT2D eigenvalue weighted by Crippen LogP contribution is -2.00. The van der Waals surface area contributed by atoms with E-state index in [1.54, 1.807) is 64.1 Å². The minimum Gasteiger partial charge on any atom is -0.448 e. The third-order valence-corrected chi connectivity index (χ3v) is 15.6. The van der Waals surface area contributed by atoms with Crippen molar-refractivity contribution in [3.05, 3.63) is 194 Å². The van der Waals surface area contributed by atoms with Crippen LogP contribution in [-0.4, -0.2) is 84.7 Å². The van der Waals surface area contributed by atoms with Crippen molar-refractivity contribution in [3.63, 3.8) is 0 Å². The van der Waals surface area contributed by atoms with Crippen LogP contribution in [0.25, 0.3) is 0 Å². The Balaban J connectivity index is 0.000000517. The summed E-state index contributed by atoms with van der Waals surface area (Å²) in [5, 5.41) is 33.0. The van der Waals surface area contributed by atoms with Crippen LogP contribution in [0.5, 0.6) is 0 Å². The standard InChI is InChI=1S/C8H13NO.C8H11N.C7H12N2.C7H10N2.3C6H9NO.2C6H9NS.C5H10N4.C5H8N2S/c1-5(2)8-6(3)9-10-7(8)4;1-7(2)8-3-5-9-6-4-8;1-6(2)7-4-9(3)5-8-7;1-6(2)7-3-8-5-9-4-7;1-5(2)6-3-7-4-8-6;1-5(2)6-3-7-8-4-6;1-5(2)6-3-4-8-7-6;1-5(2)6-3-7-4-8-6;1-5(2)6-3-7-8-4-6;1-4(2)5-6-7-8-9(5)3;1-4(2)5-7-6-3-8-5/h5H,1-4H3;3-7H,1-2H3;4-6H,1-3H3;3-6H,1-2H3;5*3-5H,1-2H3;4H,1-3H3;3-4H,1-2H3. The Morgan fingerprint density at radius 2 is 1.15 bits per heavy atom. The Bertz CT molecular complexity index is 3030. The minimum atomic E-state index is 0.407. The number of thiazole rings is 1. The minimum absolute atomic E-state index is 0.407. The van der Waals surface area contributed by atoms with Crippen LogP contribution >= 0.6 is 34.2 Å². The van der Waals surface area contributed by atoms with Crippen molar-refractivity contribution in [3.8, 4) is 0 Å². The van der Waals surface area contributed by atoms with Crippen LogP contribution in [0.3, 0.4) is 0 Å². The lowest BCUT2D eigenvalue weighted by atomic mass is 10.0. The number of imidazole rings is 1. The van der Waals surface area contributed by atoms with Crippen molar-refractivity contribution in [1.29, 1.82) is 0 Å². The lowest BCUT2D eigenvalue weighted by molar-refractivity contribution is 0.392. The number of hydrogen-bond acceptors (Lipinski definition) is 22. The Kier molecular flexibility index (Phi) is 42.9. The summed E-state index contributed by atoms with van der Waals surface area (Å²) in [6, 6.07) is 5.97. The first kappa shape index (κ1) is 84.2. The zero-order valence-electron chi connectivity index (χ0n) is 60.9. The number of aryl methyl sites for hydroxylation is 4. The fourth-order valence-corrected chi connectivity index (χ4v) is 9.00. The maximum atomic E-state index is 5.01. The van der Waals surface area contributed by atoms with E-state index < -0.39 is 0 Å². The SMILES string of the molecule is CC(C)c1ccncc1.CC(C)c1ccon1.CC(C)c1cn(C)cn1.CC(C)c1cncnc1.CC(C)c1cnco1.CC(C)c1cncs1.CC(C)c1cnoc1.CC(C)c1cnsc1.CC(C)c1nncs1.CC(C)c1nnnn1C.Cc1noc(C)c1C(C)C. The van der Waals surface area contributed by atoms with Gasteiger partial charge in [-0.1, -0.05) is 168 Å². The van der Waals surface area contributed by atoms with Crippen LogP contribution < -0.4 is 0 Å². The molecule has 0 aliphatic carbocycles. The van der Waals surface area contributed by atoms with Gasteiger partial charge in [-0.2, -0.15) is 0 Å². The molecular weight excluding hydrogens is 1240 g/mol. The Morgan fingerprint density at radius 3 is 1.40 bits per heavy atom. The second kappa shape index (κ2) is 48.0. The summed E-state index contributed by atoms with van der Waals surface area (Å²) in [4.78, 5) is 25.0. The molecule has 0 aliphatic heterocycles. The number of pyridine rings is 1. The smallest absolute Gasteiger partial charge is 0.180 e. The van der Waals surface area contributed by atoms with Gasteiger partial charge >= 0.3 is 0 Å². The number of tetrazole rings is 1. The van der Waals surface area contributed by atoms with E-state index in [1.165, 1.54) is 45.1 Å². The Morgan fingerprint density at radius 1 is 0.511 bits per heavy atom. The van der Waals surface area contributed by atoms with Crippen LogP contribution in [0.15, 0.2) is 140 Å². The van der Waals surface area contributed by atoms with E-state index in [1.807, 2.05) is 106 Å². The molecule has 0 saturated heterocycles. The average molecular weight is 1350 g/mol. The molecule has 0 unspecified atom stereocenters. The van der Waals surface area contributed by atoms with Crippen molar-refractivity contribution in [2.24, 2.45) is 14.1 Å². The summed E-state index contributed by atoms with van der Waals surface area (Å²) in [5.41, 5.74) is 13.1. The van der Waals surface area contributed by atoms with E-state index in [0.29, 0.717) is 65.1 Å². The summed E-state index contributed by atoms with van der Waals surface area (Å²) >= 11 is 4.85. The van der Waals surface area contributed by atoms with Crippen LogP contribution in [-0.2, 0) is 14.1 Å². The molecule has 94 heavy (non-hydrogen) atoms. The zero-order valence-corrected chi connectivity index (χ0v) is 63.3. The van der Waals surface area contributed by atoms with E-state index in [0.717, 1.165) is 45.0 Å². The molecular formula is C70H109N17O4S3. The van der Waals surface area contributed by atoms with E-state index in [-0.39, 0.29) is 0 Å². The first-order valence-electron chi connectivity index (χ1n) is 32.0. The maximum absolute atomic E-state index is 5.01. The van der Waals surface area contributed by atoms with E-state index in [4.69, 9.17) is 8.94 Å². The summed E-state index contributed by atoms with van der Waals surface area (Å²) in [7, 11) is 3.83. The third kappa shape index (κ3) is 36.6. The second-order valence-corrected chi connectivity index (χ2v) is 27.4. The van der Waals surface area contributed by atoms with Crippen LogP contribution in [0, 0.1) is 13.8 Å². The van der Waals surface area contributed by atoms with Gasteiger partial charge in [0.1, 0.15) is 40.9 Å². The second-order valence-electron chi connectivity index (χ2n) is 24.9. The summed E-state index contributed by atoms with van der Waals surface area (Å²) in [5.74, 6) is 8.72. The predicted octanol–water partition coefficient (Wildman–Crippen LogP) is 19.7. The van der Waals surface area contributed by atoms with Crippen molar-refractivity contribution in [2.45, 2.75) is 231 Å². The van der Waals surface area contributed by atoms with Crippen molar-refractivity contribution < 1.29 is 18.0 Å². The number of oxazole rings is 1. The molecule has 0 aliphatic rings. The quantitative estimate of drug-likeness (QED) is 0.117. The van der Waals surface area contributed by atoms with Crippen LogP contribution in [0.2, 0.25) is 0 Å². The molecule has 0 atom stereocenters. The zero-order chi connectivity index (χ0) is 70.7. The van der Waals surface area contributed by atoms with Gasteiger partial charge in [-0.25, -0.2) is 29.0 Å². The van der Waals surface area contributed by atoms with Gasteiger partial charge in [-0.3, -0.25) is 9.97 Å². The number of nitrogens with zero attached hydrogens (tertiary/aromatic N) is 17. The van der Waals surface area contributed by atoms with Gasteiger partial charge < -0.3 is 22.6 Å². The summed E-state index contributed by atoms with van der Waals surface area (Å²) in [6.07, 6.45) is 24.8. The highest BCUT2D eigenvalue weighted by molar-refractivity contribution is 7.09. The fraction of sp³-hybridized carbons (Fsp3) is 0.529. The molecule has 24 heteroatoms. The molecule has 0 saturated carbocycles. The number of aromatic nitrogens is 17. The monoisotopic (exact) mass is 1350 g/mol. The van der Waals surface area contributed by atoms with Gasteiger partial charge in [0, 0.05) is 103 Å². The summed E-state index contributed by atoms with van der Waals surface area (Å²) < 4.78 is 26.9. The molecule has 0 fully saturated rings. The van der Waals surface area contributed by atoms with Gasteiger partial charge in [-0.15, -0.1) is 38.0 Å². The highest BCUT2D eigenvalue weighted by Crippen LogP contribution is 2.22. The van der Waals surface area contributed by atoms with Gasteiger partial charge in [0.15, 0.2) is 12.2 Å². The van der Waals surface area contributed by atoms with Gasteiger partial charge in [0.2, 0.25) is 0 Å². The number of rotatable bonds is 11. The van der Waals surface area contributed by atoms with E-state index in [9.17, 15) is 0 Å². The van der Waals surface area contributed by atoms with Gasteiger partial charge in [-0.05, 0) is 112 Å². The molecule has 11 rings (SSSR count). The fourth-order valence-electron chi connectivity index (χ4n) is 7.10. The first-order valence-corrected chi connectivity index (χ1v) is 34.6. The largest absolute Gasteiger partial charge is 0.448 e.